The van der Waals surface area contributed by atoms with E-state index in [4.69, 9.17) is 5.26 Å². The standard InChI is InChI=1S/C17H16F4N6O/c1-27(8-4-7-11-5-2-3-6-12(11)9-22)16-25-14(17(20,21)13(18)19)24-15(26-16)23-10-28/h2-3,5-6,10,13H,4,7-8H2,1H3,(H,23,24,25,26,28). The summed E-state index contributed by atoms with van der Waals surface area (Å²) in [5.41, 5.74) is 1.35. The Kier molecular flexibility index (Phi) is 6.81. The molecule has 2 aromatic rings. The molecule has 0 aliphatic carbocycles. The minimum absolute atomic E-state index is 0.141. The Balaban J connectivity index is 2.17. The Morgan fingerprint density at radius 2 is 2.00 bits per heavy atom. The molecular formula is C17H16F4N6O. The molecule has 0 unspecified atom stereocenters. The van der Waals surface area contributed by atoms with E-state index in [1.165, 1.54) is 11.9 Å². The molecule has 11 heteroatoms. The number of anilines is 2. The van der Waals surface area contributed by atoms with Gasteiger partial charge in [-0.05, 0) is 24.5 Å². The zero-order chi connectivity index (χ0) is 20.7. The quantitative estimate of drug-likeness (QED) is 0.517. The van der Waals surface area contributed by atoms with Crippen molar-refractivity contribution in [3.63, 3.8) is 0 Å². The fourth-order valence-electron chi connectivity index (χ4n) is 2.35. The SMILES string of the molecule is CN(CCCc1ccccc1C#N)c1nc(NC=O)nc(C(F)(F)C(F)F)n1. The van der Waals surface area contributed by atoms with Gasteiger partial charge >= 0.3 is 12.3 Å². The third-order valence-corrected chi connectivity index (χ3v) is 3.80. The molecule has 0 aliphatic heterocycles. The molecule has 1 aromatic carbocycles. The highest BCUT2D eigenvalue weighted by atomic mass is 19.3. The average Bonchev–Trinajstić information content (AvgIpc) is 2.68. The Bertz CT molecular complexity index is 871. The lowest BCUT2D eigenvalue weighted by Crippen LogP contribution is -2.30. The lowest BCUT2D eigenvalue weighted by molar-refractivity contribution is -0.140. The molecule has 1 amide bonds. The van der Waals surface area contributed by atoms with Crippen LogP contribution in [-0.4, -0.2) is 41.4 Å². The monoisotopic (exact) mass is 396 g/mol. The summed E-state index contributed by atoms with van der Waals surface area (Å²) >= 11 is 0. The number of carbonyl (C=O) groups excluding carboxylic acids is 1. The van der Waals surface area contributed by atoms with Gasteiger partial charge in [-0.1, -0.05) is 18.2 Å². The number of carbonyl (C=O) groups is 1. The molecule has 0 aliphatic rings. The zero-order valence-electron chi connectivity index (χ0n) is 14.7. The average molecular weight is 396 g/mol. The third-order valence-electron chi connectivity index (χ3n) is 3.80. The second-order valence-corrected chi connectivity index (χ2v) is 5.76. The number of nitrogens with zero attached hydrogens (tertiary/aromatic N) is 5. The second kappa shape index (κ2) is 9.07. The molecule has 1 N–H and O–H groups in total. The van der Waals surface area contributed by atoms with E-state index in [0.29, 0.717) is 18.4 Å². The van der Waals surface area contributed by atoms with Crippen molar-refractivity contribution in [3.8, 4) is 6.07 Å². The fraction of sp³-hybridized carbons (Fsp3) is 0.353. The number of benzene rings is 1. The smallest absolute Gasteiger partial charge is 0.344 e. The number of rotatable bonds is 9. The highest BCUT2D eigenvalue weighted by Crippen LogP contribution is 2.33. The van der Waals surface area contributed by atoms with Crippen molar-refractivity contribution in [3.05, 3.63) is 41.2 Å². The summed E-state index contributed by atoms with van der Waals surface area (Å²) in [5, 5.41) is 11.1. The summed E-state index contributed by atoms with van der Waals surface area (Å²) in [6, 6.07) is 9.10. The van der Waals surface area contributed by atoms with Gasteiger partial charge in [-0.15, -0.1) is 0 Å². The van der Waals surface area contributed by atoms with Gasteiger partial charge < -0.3 is 4.90 Å². The highest BCUT2D eigenvalue weighted by molar-refractivity contribution is 5.67. The van der Waals surface area contributed by atoms with Gasteiger partial charge in [0.05, 0.1) is 11.6 Å². The summed E-state index contributed by atoms with van der Waals surface area (Å²) < 4.78 is 52.5. The lowest BCUT2D eigenvalue weighted by atomic mass is 10.0. The number of aromatic nitrogens is 3. The van der Waals surface area contributed by atoms with Gasteiger partial charge in [-0.3, -0.25) is 10.1 Å². The van der Waals surface area contributed by atoms with E-state index in [1.54, 1.807) is 24.3 Å². The zero-order valence-corrected chi connectivity index (χ0v) is 14.7. The van der Waals surface area contributed by atoms with Crippen molar-refractivity contribution in [2.24, 2.45) is 0 Å². The number of nitriles is 1. The van der Waals surface area contributed by atoms with Crippen LogP contribution in [0.2, 0.25) is 0 Å². The molecule has 0 saturated heterocycles. The van der Waals surface area contributed by atoms with Crippen LogP contribution in [0, 0.1) is 11.3 Å². The predicted octanol–water partition coefficient (Wildman–Crippen LogP) is 2.74. The first kappa shape index (κ1) is 21.0. The molecule has 7 nitrogen and oxygen atoms in total. The topological polar surface area (TPSA) is 94.8 Å². The molecule has 0 spiro atoms. The van der Waals surface area contributed by atoms with Gasteiger partial charge in [0.2, 0.25) is 24.1 Å². The summed E-state index contributed by atoms with van der Waals surface area (Å²) in [4.78, 5) is 22.3. The van der Waals surface area contributed by atoms with Crippen LogP contribution in [0.5, 0.6) is 0 Å². The minimum atomic E-state index is -4.59. The molecular weight excluding hydrogens is 380 g/mol. The molecule has 0 saturated carbocycles. The fourth-order valence-corrected chi connectivity index (χ4v) is 2.35. The van der Waals surface area contributed by atoms with Gasteiger partial charge in [0.15, 0.2) is 0 Å². The van der Waals surface area contributed by atoms with Crippen LogP contribution in [0.3, 0.4) is 0 Å². The van der Waals surface area contributed by atoms with Crippen molar-refractivity contribution in [2.45, 2.75) is 25.2 Å². The van der Waals surface area contributed by atoms with E-state index in [0.717, 1.165) is 5.56 Å². The van der Waals surface area contributed by atoms with Crippen LogP contribution in [0.1, 0.15) is 23.4 Å². The molecule has 0 fully saturated rings. The summed E-state index contributed by atoms with van der Waals surface area (Å²) in [6.45, 7) is 0.282. The number of halogens is 4. The molecule has 28 heavy (non-hydrogen) atoms. The van der Waals surface area contributed by atoms with E-state index in [9.17, 15) is 22.4 Å². The molecule has 148 valence electrons. The maximum Gasteiger partial charge on any atom is 0.365 e. The first-order valence-electron chi connectivity index (χ1n) is 8.11. The van der Waals surface area contributed by atoms with E-state index >= 15 is 0 Å². The first-order chi connectivity index (χ1) is 13.3. The lowest BCUT2D eigenvalue weighted by Gasteiger charge is -2.20. The van der Waals surface area contributed by atoms with Crippen LogP contribution in [-0.2, 0) is 17.1 Å². The second-order valence-electron chi connectivity index (χ2n) is 5.76. The number of hydrogen-bond donors (Lipinski definition) is 1. The Hall–Kier alpha value is -3.29. The van der Waals surface area contributed by atoms with E-state index in [1.807, 2.05) is 5.32 Å². The molecule has 1 heterocycles. The van der Waals surface area contributed by atoms with Gasteiger partial charge in [0.1, 0.15) is 0 Å². The van der Waals surface area contributed by atoms with Crippen molar-refractivity contribution >= 4 is 18.3 Å². The highest BCUT2D eigenvalue weighted by Gasteiger charge is 2.46. The summed E-state index contributed by atoms with van der Waals surface area (Å²) in [7, 11) is 1.49. The summed E-state index contributed by atoms with van der Waals surface area (Å²) in [5.74, 6) is -6.87. The van der Waals surface area contributed by atoms with Gasteiger partial charge in [-0.25, -0.2) is 8.78 Å². The van der Waals surface area contributed by atoms with Crippen LogP contribution < -0.4 is 10.2 Å². The van der Waals surface area contributed by atoms with Gasteiger partial charge in [0.25, 0.3) is 0 Å². The van der Waals surface area contributed by atoms with Gasteiger partial charge in [0, 0.05) is 13.6 Å². The Labute approximate surface area is 158 Å². The van der Waals surface area contributed by atoms with Crippen molar-refractivity contribution < 1.29 is 22.4 Å². The number of amides is 1. The number of nitrogens with one attached hydrogen (secondary N) is 1. The van der Waals surface area contributed by atoms with E-state index in [2.05, 4.69) is 21.0 Å². The van der Waals surface area contributed by atoms with Crippen molar-refractivity contribution in [1.29, 1.82) is 5.26 Å². The normalized spacial score (nSPS) is 11.2. The molecule has 0 radical (unpaired) electrons. The van der Waals surface area contributed by atoms with E-state index in [-0.39, 0.29) is 18.9 Å². The van der Waals surface area contributed by atoms with Crippen LogP contribution in [0.15, 0.2) is 24.3 Å². The number of hydrogen-bond acceptors (Lipinski definition) is 6. The van der Waals surface area contributed by atoms with Crippen LogP contribution in [0.4, 0.5) is 29.5 Å². The molecule has 1 aromatic heterocycles. The van der Waals surface area contributed by atoms with E-state index < -0.39 is 24.1 Å². The first-order valence-corrected chi connectivity index (χ1v) is 8.11. The Morgan fingerprint density at radius 3 is 2.64 bits per heavy atom. The van der Waals surface area contributed by atoms with Crippen LogP contribution in [0.25, 0.3) is 0 Å². The maximum atomic E-state index is 13.6. The maximum absolute atomic E-state index is 13.6. The Morgan fingerprint density at radius 1 is 1.29 bits per heavy atom. The van der Waals surface area contributed by atoms with Crippen LogP contribution >= 0.6 is 0 Å². The predicted molar refractivity (Wildman–Crippen MR) is 92.2 cm³/mol. The molecule has 2 rings (SSSR count). The minimum Gasteiger partial charge on any atom is -0.344 e. The third kappa shape index (κ3) is 4.91. The largest absolute Gasteiger partial charge is 0.365 e. The molecule has 0 atom stereocenters. The number of aryl methyl sites for hydroxylation is 1. The van der Waals surface area contributed by atoms with Crippen molar-refractivity contribution in [1.82, 2.24) is 15.0 Å². The summed E-state index contributed by atoms with van der Waals surface area (Å²) in [6.07, 6.45) is -2.83. The van der Waals surface area contributed by atoms with Gasteiger partial charge in [-0.2, -0.15) is 29.0 Å². The van der Waals surface area contributed by atoms with Crippen molar-refractivity contribution in [2.75, 3.05) is 23.8 Å². The molecule has 0 bridgehead atoms. The number of alkyl halides is 4.